The van der Waals surface area contributed by atoms with Gasteiger partial charge in [-0.1, -0.05) is 0 Å². The lowest BCUT2D eigenvalue weighted by Crippen LogP contribution is -2.11. The smallest absolute Gasteiger partial charge is 0.339 e. The van der Waals surface area contributed by atoms with Crippen LogP contribution in [0.15, 0.2) is 12.5 Å². The van der Waals surface area contributed by atoms with Gasteiger partial charge in [0.1, 0.15) is 5.56 Å². The van der Waals surface area contributed by atoms with Crippen molar-refractivity contribution >= 4 is 5.97 Å². The first-order valence-electron chi connectivity index (χ1n) is 6.19. The van der Waals surface area contributed by atoms with Crippen LogP contribution in [-0.2, 0) is 6.54 Å². The van der Waals surface area contributed by atoms with E-state index in [0.29, 0.717) is 24.0 Å². The molecule has 0 saturated carbocycles. The molecular weight excluding hydrogens is 244 g/mol. The number of carboxylic acid groups (broad SMARTS) is 1. The summed E-state index contributed by atoms with van der Waals surface area (Å²) in [5.41, 5.74) is 2.51. The minimum Gasteiger partial charge on any atom is -0.478 e. The molecule has 0 radical (unpaired) electrons. The molecule has 1 N–H and O–H groups in total. The van der Waals surface area contributed by atoms with Crippen molar-refractivity contribution in [2.24, 2.45) is 0 Å². The van der Waals surface area contributed by atoms with Crippen LogP contribution in [0, 0.1) is 13.8 Å². The fourth-order valence-corrected chi connectivity index (χ4v) is 2.23. The predicted octanol–water partition coefficient (Wildman–Crippen LogP) is 2.02. The molecule has 2 rings (SSSR count). The first-order valence-corrected chi connectivity index (χ1v) is 6.19. The van der Waals surface area contributed by atoms with Crippen LogP contribution < -0.4 is 0 Å². The van der Waals surface area contributed by atoms with Gasteiger partial charge >= 0.3 is 5.97 Å². The molecule has 0 unspecified atom stereocenters. The topological polar surface area (TPSA) is 72.9 Å². The summed E-state index contributed by atoms with van der Waals surface area (Å²) in [5.74, 6) is -0.932. The van der Waals surface area contributed by atoms with E-state index in [1.165, 1.54) is 0 Å². The van der Waals surface area contributed by atoms with Crippen molar-refractivity contribution in [2.45, 2.75) is 40.3 Å². The number of imidazole rings is 1. The zero-order valence-electron chi connectivity index (χ0n) is 11.6. The van der Waals surface area contributed by atoms with E-state index in [1.807, 2.05) is 0 Å². The third-order valence-electron chi connectivity index (χ3n) is 3.21. The van der Waals surface area contributed by atoms with Crippen molar-refractivity contribution < 1.29 is 9.90 Å². The van der Waals surface area contributed by atoms with E-state index in [4.69, 9.17) is 5.11 Å². The Morgan fingerprint density at radius 1 is 1.42 bits per heavy atom. The largest absolute Gasteiger partial charge is 0.478 e. The average Bonchev–Trinajstić information content (AvgIpc) is 2.85. The Morgan fingerprint density at radius 3 is 2.63 bits per heavy atom. The molecular formula is C13H18N4O2. The number of aromatic nitrogens is 4. The predicted molar refractivity (Wildman–Crippen MR) is 70.4 cm³/mol. The Morgan fingerprint density at radius 2 is 2.11 bits per heavy atom. The molecule has 0 saturated heterocycles. The number of carbonyl (C=O) groups is 1. The molecule has 2 heterocycles. The number of aryl methyl sites for hydroxylation is 1. The Hall–Kier alpha value is -2.11. The van der Waals surface area contributed by atoms with E-state index in [9.17, 15) is 4.79 Å². The molecule has 19 heavy (non-hydrogen) atoms. The highest BCUT2D eigenvalue weighted by molar-refractivity contribution is 5.90. The van der Waals surface area contributed by atoms with E-state index in [-0.39, 0.29) is 5.56 Å². The second-order valence-electron chi connectivity index (χ2n) is 4.89. The summed E-state index contributed by atoms with van der Waals surface area (Å²) in [6.07, 6.45) is 3.57. The van der Waals surface area contributed by atoms with Crippen molar-refractivity contribution in [3.05, 3.63) is 35.2 Å². The lowest BCUT2D eigenvalue weighted by atomic mass is 10.2. The number of nitrogens with zero attached hydrogens (tertiary/aromatic N) is 4. The van der Waals surface area contributed by atoms with Crippen LogP contribution >= 0.6 is 0 Å². The van der Waals surface area contributed by atoms with Crippen molar-refractivity contribution in [1.82, 2.24) is 19.3 Å². The van der Waals surface area contributed by atoms with Gasteiger partial charge in [0.25, 0.3) is 0 Å². The van der Waals surface area contributed by atoms with Crippen molar-refractivity contribution in [3.8, 4) is 0 Å². The SMILES string of the molecule is Cc1nn(Cc2cncn2C(C)C)c(C)c1C(=O)O. The van der Waals surface area contributed by atoms with E-state index in [1.54, 1.807) is 31.1 Å². The molecule has 0 aliphatic carbocycles. The monoisotopic (exact) mass is 262 g/mol. The molecule has 0 fully saturated rings. The van der Waals surface area contributed by atoms with Gasteiger partial charge in [0.05, 0.1) is 36.2 Å². The second kappa shape index (κ2) is 4.87. The van der Waals surface area contributed by atoms with Gasteiger partial charge in [0.2, 0.25) is 0 Å². The van der Waals surface area contributed by atoms with E-state index < -0.39 is 5.97 Å². The van der Waals surface area contributed by atoms with Crippen LogP contribution in [0.1, 0.15) is 47.3 Å². The lowest BCUT2D eigenvalue weighted by Gasteiger charge is -2.12. The molecule has 2 aromatic rings. The third-order valence-corrected chi connectivity index (χ3v) is 3.21. The van der Waals surface area contributed by atoms with Crippen LogP contribution in [0.5, 0.6) is 0 Å². The summed E-state index contributed by atoms with van der Waals surface area (Å²) in [6, 6.07) is 0.313. The first-order chi connectivity index (χ1) is 8.91. The number of aromatic carboxylic acids is 1. The summed E-state index contributed by atoms with van der Waals surface area (Å²) in [4.78, 5) is 15.3. The lowest BCUT2D eigenvalue weighted by molar-refractivity contribution is 0.0695. The number of hydrogen-bond donors (Lipinski definition) is 1. The maximum atomic E-state index is 11.2. The fraction of sp³-hybridized carbons (Fsp3) is 0.462. The molecule has 0 bridgehead atoms. The van der Waals surface area contributed by atoms with E-state index >= 15 is 0 Å². The van der Waals surface area contributed by atoms with Gasteiger partial charge in [-0.15, -0.1) is 0 Å². The third kappa shape index (κ3) is 2.38. The van der Waals surface area contributed by atoms with Crippen LogP contribution in [-0.4, -0.2) is 30.4 Å². The van der Waals surface area contributed by atoms with Crippen molar-refractivity contribution in [2.75, 3.05) is 0 Å². The van der Waals surface area contributed by atoms with Crippen LogP contribution in [0.4, 0.5) is 0 Å². The zero-order chi connectivity index (χ0) is 14.2. The van der Waals surface area contributed by atoms with E-state index in [2.05, 4.69) is 28.5 Å². The summed E-state index contributed by atoms with van der Waals surface area (Å²) in [7, 11) is 0. The first kappa shape index (κ1) is 13.3. The highest BCUT2D eigenvalue weighted by Crippen LogP contribution is 2.16. The molecule has 2 aromatic heterocycles. The summed E-state index contributed by atoms with van der Waals surface area (Å²) in [6.45, 7) is 8.18. The van der Waals surface area contributed by atoms with Crippen LogP contribution in [0.25, 0.3) is 0 Å². The maximum absolute atomic E-state index is 11.2. The molecule has 0 aromatic carbocycles. The van der Waals surface area contributed by atoms with Gasteiger partial charge in [-0.2, -0.15) is 5.10 Å². The van der Waals surface area contributed by atoms with Gasteiger partial charge in [-0.3, -0.25) is 4.68 Å². The van der Waals surface area contributed by atoms with Crippen molar-refractivity contribution in [3.63, 3.8) is 0 Å². The van der Waals surface area contributed by atoms with Crippen LogP contribution in [0.3, 0.4) is 0 Å². The fourth-order valence-electron chi connectivity index (χ4n) is 2.23. The molecule has 6 heteroatoms. The second-order valence-corrected chi connectivity index (χ2v) is 4.89. The molecule has 0 spiro atoms. The molecule has 102 valence electrons. The normalized spacial score (nSPS) is 11.2. The summed E-state index contributed by atoms with van der Waals surface area (Å²) < 4.78 is 3.77. The Labute approximate surface area is 111 Å². The number of rotatable bonds is 4. The maximum Gasteiger partial charge on any atom is 0.339 e. The van der Waals surface area contributed by atoms with Crippen molar-refractivity contribution in [1.29, 1.82) is 0 Å². The van der Waals surface area contributed by atoms with Gasteiger partial charge in [0, 0.05) is 6.04 Å². The molecule has 0 aliphatic rings. The summed E-state index contributed by atoms with van der Waals surface area (Å²) in [5, 5.41) is 13.5. The minimum atomic E-state index is -0.932. The molecule has 0 aliphatic heterocycles. The molecule has 6 nitrogen and oxygen atoms in total. The molecule has 0 amide bonds. The highest BCUT2D eigenvalue weighted by atomic mass is 16.4. The van der Waals surface area contributed by atoms with Gasteiger partial charge in [-0.05, 0) is 27.7 Å². The van der Waals surface area contributed by atoms with Crippen LogP contribution in [0.2, 0.25) is 0 Å². The number of hydrogen-bond acceptors (Lipinski definition) is 3. The quantitative estimate of drug-likeness (QED) is 0.915. The average molecular weight is 262 g/mol. The summed E-state index contributed by atoms with van der Waals surface area (Å²) >= 11 is 0. The highest BCUT2D eigenvalue weighted by Gasteiger charge is 2.18. The van der Waals surface area contributed by atoms with Gasteiger partial charge in [-0.25, -0.2) is 9.78 Å². The Kier molecular flexibility index (Phi) is 3.42. The Balaban J connectivity index is 2.37. The number of carboxylic acids is 1. The van der Waals surface area contributed by atoms with E-state index in [0.717, 1.165) is 5.69 Å². The standard InChI is InChI=1S/C13H18N4O2/c1-8(2)16-7-14-5-11(16)6-17-10(4)12(13(18)19)9(3)15-17/h5,7-8H,6H2,1-4H3,(H,18,19). The molecule has 0 atom stereocenters. The van der Waals surface area contributed by atoms with Gasteiger partial charge in [0.15, 0.2) is 0 Å². The van der Waals surface area contributed by atoms with Gasteiger partial charge < -0.3 is 9.67 Å². The minimum absolute atomic E-state index is 0.288. The zero-order valence-corrected chi connectivity index (χ0v) is 11.6. The Bertz CT molecular complexity index is 610.